The lowest BCUT2D eigenvalue weighted by Crippen LogP contribution is -2.42. The molecule has 0 aromatic heterocycles. The van der Waals surface area contributed by atoms with Crippen molar-refractivity contribution >= 4 is 5.97 Å². The second-order valence-electron chi connectivity index (χ2n) is 3.20. The van der Waals surface area contributed by atoms with Crippen LogP contribution >= 0.6 is 0 Å². The molecule has 0 aliphatic rings. The fourth-order valence-corrected chi connectivity index (χ4v) is 1.63. The molecule has 3 nitrogen and oxygen atoms in total. The Bertz CT molecular complexity index is 250. The average Bonchev–Trinajstić information content (AvgIpc) is 2.28. The van der Waals surface area contributed by atoms with Gasteiger partial charge in [-0.1, -0.05) is 27.4 Å². The molecule has 0 aromatic carbocycles. The highest BCUT2D eigenvalue weighted by molar-refractivity contribution is 5.79. The van der Waals surface area contributed by atoms with E-state index in [9.17, 15) is 4.79 Å². The summed E-state index contributed by atoms with van der Waals surface area (Å²) in [7, 11) is 1.41. The minimum Gasteiger partial charge on any atom is -0.468 e. The predicted octanol–water partition coefficient (Wildman–Crippen LogP) is 1.99. The second kappa shape index (κ2) is 7.27. The predicted molar refractivity (Wildman–Crippen MR) is 61.7 cm³/mol. The Morgan fingerprint density at radius 2 is 1.93 bits per heavy atom. The van der Waals surface area contributed by atoms with E-state index in [2.05, 4.69) is 12.3 Å². The molecule has 0 bridgehead atoms. The van der Waals surface area contributed by atoms with E-state index in [1.165, 1.54) is 7.11 Å². The summed E-state index contributed by atoms with van der Waals surface area (Å²) in [5, 5.41) is 0. The zero-order valence-corrected chi connectivity index (χ0v) is 10.2. The van der Waals surface area contributed by atoms with Gasteiger partial charge in [-0.2, -0.15) is 0 Å². The molecule has 0 N–H and O–H groups in total. The summed E-state index contributed by atoms with van der Waals surface area (Å²) in [6.07, 6.45) is 0.764. The molecule has 0 spiro atoms. The molecule has 0 saturated heterocycles. The van der Waals surface area contributed by atoms with Crippen molar-refractivity contribution in [3.05, 3.63) is 17.9 Å². The van der Waals surface area contributed by atoms with Gasteiger partial charge >= 0.3 is 5.97 Å². The molecule has 0 fully saturated rings. The number of carbonyl (C=O) groups excluding carboxylic acids is 1. The van der Waals surface area contributed by atoms with Gasteiger partial charge in [0, 0.05) is 0 Å². The van der Waals surface area contributed by atoms with Gasteiger partial charge in [-0.15, -0.1) is 5.73 Å². The summed E-state index contributed by atoms with van der Waals surface area (Å²) in [6, 6.07) is -0.326. The maximum atomic E-state index is 11.7. The second-order valence-corrected chi connectivity index (χ2v) is 3.20. The van der Waals surface area contributed by atoms with Gasteiger partial charge in [0.25, 0.3) is 0 Å². The fraction of sp³-hybridized carbons (Fsp3) is 0.667. The Balaban J connectivity index is 5.02. The van der Waals surface area contributed by atoms with Crippen molar-refractivity contribution in [1.82, 2.24) is 4.90 Å². The molecular weight excluding hydrogens is 190 g/mol. The third-order valence-electron chi connectivity index (χ3n) is 2.54. The quantitative estimate of drug-likeness (QED) is 0.497. The summed E-state index contributed by atoms with van der Waals surface area (Å²) in [4.78, 5) is 13.7. The number of ether oxygens (including phenoxy) is 1. The van der Waals surface area contributed by atoms with Gasteiger partial charge in [-0.25, -0.2) is 4.79 Å². The van der Waals surface area contributed by atoms with E-state index in [1.807, 2.05) is 25.7 Å². The number of nitrogens with zero attached hydrogens (tertiary/aromatic N) is 1. The highest BCUT2D eigenvalue weighted by atomic mass is 16.5. The van der Waals surface area contributed by atoms with Crippen LogP contribution in [0, 0.1) is 0 Å². The van der Waals surface area contributed by atoms with E-state index in [0.29, 0.717) is 0 Å². The monoisotopic (exact) mass is 211 g/mol. The minimum atomic E-state index is -0.326. The number of carbonyl (C=O) groups is 1. The van der Waals surface area contributed by atoms with Crippen molar-refractivity contribution in [2.45, 2.75) is 33.2 Å². The Hall–Kier alpha value is -1.05. The molecule has 0 aromatic rings. The summed E-state index contributed by atoms with van der Waals surface area (Å²) >= 11 is 0. The average molecular weight is 211 g/mol. The van der Waals surface area contributed by atoms with Crippen LogP contribution in [-0.4, -0.2) is 37.1 Å². The van der Waals surface area contributed by atoms with E-state index in [-0.39, 0.29) is 12.0 Å². The maximum absolute atomic E-state index is 11.7. The van der Waals surface area contributed by atoms with E-state index in [4.69, 9.17) is 4.74 Å². The van der Waals surface area contributed by atoms with Crippen molar-refractivity contribution in [1.29, 1.82) is 0 Å². The zero-order chi connectivity index (χ0) is 11.8. The lowest BCUT2D eigenvalue weighted by Gasteiger charge is -2.28. The van der Waals surface area contributed by atoms with Crippen LogP contribution < -0.4 is 0 Å². The van der Waals surface area contributed by atoms with Crippen LogP contribution in [0.1, 0.15) is 27.2 Å². The number of hydrogen-bond acceptors (Lipinski definition) is 3. The van der Waals surface area contributed by atoms with Crippen LogP contribution in [-0.2, 0) is 9.53 Å². The summed E-state index contributed by atoms with van der Waals surface area (Å²) in [6.45, 7) is 11.3. The molecule has 3 heteroatoms. The summed E-state index contributed by atoms with van der Waals surface area (Å²) in [5.41, 5.74) is 3.73. The Labute approximate surface area is 92.4 Å². The van der Waals surface area contributed by atoms with Gasteiger partial charge in [0.15, 0.2) is 0 Å². The van der Waals surface area contributed by atoms with Gasteiger partial charge in [-0.3, -0.25) is 4.90 Å². The molecule has 0 radical (unpaired) electrons. The lowest BCUT2D eigenvalue weighted by molar-refractivity contribution is -0.145. The third-order valence-corrected chi connectivity index (χ3v) is 2.54. The van der Waals surface area contributed by atoms with Gasteiger partial charge < -0.3 is 4.74 Å². The van der Waals surface area contributed by atoms with Crippen LogP contribution in [0.3, 0.4) is 0 Å². The molecule has 0 amide bonds. The molecule has 1 atom stereocenters. The topological polar surface area (TPSA) is 29.5 Å². The summed E-state index contributed by atoms with van der Waals surface area (Å²) in [5.74, 6) is -0.230. The maximum Gasteiger partial charge on any atom is 0.328 e. The first kappa shape index (κ1) is 13.9. The number of hydrogen-bond donors (Lipinski definition) is 0. The molecule has 0 aliphatic heterocycles. The molecule has 86 valence electrons. The van der Waals surface area contributed by atoms with Crippen LogP contribution in [0.25, 0.3) is 0 Å². The van der Waals surface area contributed by atoms with Crippen LogP contribution in [0.4, 0.5) is 0 Å². The lowest BCUT2D eigenvalue weighted by atomic mass is 10.0. The minimum absolute atomic E-state index is 0.230. The van der Waals surface area contributed by atoms with Crippen molar-refractivity contribution in [2.24, 2.45) is 0 Å². The smallest absolute Gasteiger partial charge is 0.328 e. The number of likely N-dealkylation sites (N-methyl/N-ethyl adjacent to an activating group) is 1. The standard InChI is InChI=1S/C12H21NO2/c1-6-10(7-2)11(12(14)15-5)13(8-3)9-4/h11H,1,7-9H2,2-5H3/t11-/m1/s1. The Morgan fingerprint density at radius 3 is 2.20 bits per heavy atom. The zero-order valence-electron chi connectivity index (χ0n) is 10.2. The van der Waals surface area contributed by atoms with E-state index in [1.54, 1.807) is 0 Å². The van der Waals surface area contributed by atoms with Crippen molar-refractivity contribution < 1.29 is 9.53 Å². The molecule has 0 aliphatic carbocycles. The molecule has 0 heterocycles. The highest BCUT2D eigenvalue weighted by Gasteiger charge is 2.27. The number of rotatable bonds is 6. The molecule has 0 saturated carbocycles. The largest absolute Gasteiger partial charge is 0.468 e. The van der Waals surface area contributed by atoms with Gasteiger partial charge in [0.2, 0.25) is 0 Å². The van der Waals surface area contributed by atoms with Crippen molar-refractivity contribution in [3.63, 3.8) is 0 Å². The third kappa shape index (κ3) is 3.54. The van der Waals surface area contributed by atoms with Crippen LogP contribution in [0.5, 0.6) is 0 Å². The molecule has 15 heavy (non-hydrogen) atoms. The fourth-order valence-electron chi connectivity index (χ4n) is 1.63. The Morgan fingerprint density at radius 1 is 1.40 bits per heavy atom. The molecular formula is C12H21NO2. The van der Waals surface area contributed by atoms with E-state index < -0.39 is 0 Å². The van der Waals surface area contributed by atoms with E-state index >= 15 is 0 Å². The van der Waals surface area contributed by atoms with E-state index in [0.717, 1.165) is 25.1 Å². The van der Waals surface area contributed by atoms with Gasteiger partial charge in [0.05, 0.1) is 7.11 Å². The molecule has 0 unspecified atom stereocenters. The first-order valence-electron chi connectivity index (χ1n) is 5.36. The van der Waals surface area contributed by atoms with Crippen LogP contribution in [0.2, 0.25) is 0 Å². The van der Waals surface area contributed by atoms with Gasteiger partial charge in [-0.05, 0) is 25.1 Å². The highest BCUT2D eigenvalue weighted by Crippen LogP contribution is 2.14. The van der Waals surface area contributed by atoms with Crippen molar-refractivity contribution in [2.75, 3.05) is 20.2 Å². The summed E-state index contributed by atoms with van der Waals surface area (Å²) < 4.78 is 4.81. The first-order chi connectivity index (χ1) is 7.15. The van der Waals surface area contributed by atoms with Crippen LogP contribution in [0.15, 0.2) is 17.9 Å². The van der Waals surface area contributed by atoms with Crippen molar-refractivity contribution in [3.8, 4) is 0 Å². The normalized spacial score (nSPS) is 12.1. The number of esters is 1. The molecule has 0 rings (SSSR count). The Kier molecular flexibility index (Phi) is 6.76. The SMILES string of the molecule is C=C=C(CC)[C@H](C(=O)OC)N(CC)CC. The number of methoxy groups -OCH3 is 1. The first-order valence-corrected chi connectivity index (χ1v) is 5.36. The van der Waals surface area contributed by atoms with Gasteiger partial charge in [0.1, 0.15) is 6.04 Å².